The fourth-order valence-electron chi connectivity index (χ4n) is 2.23. The van der Waals surface area contributed by atoms with Crippen molar-refractivity contribution >= 4 is 11.6 Å². The van der Waals surface area contributed by atoms with Crippen LogP contribution in [0.15, 0.2) is 42.5 Å². The summed E-state index contributed by atoms with van der Waals surface area (Å²) in [4.78, 5) is 2.06. The van der Waals surface area contributed by atoms with E-state index in [-0.39, 0.29) is 11.9 Å². The lowest BCUT2D eigenvalue weighted by molar-refractivity contribution is 0.252. The number of rotatable bonds is 4. The molecule has 0 fully saturated rings. The molecule has 0 saturated carbocycles. The van der Waals surface area contributed by atoms with Gasteiger partial charge in [-0.2, -0.15) is 5.26 Å². The van der Waals surface area contributed by atoms with E-state index in [1.807, 2.05) is 31.3 Å². The highest BCUT2D eigenvalue weighted by atomic mass is 35.5. The van der Waals surface area contributed by atoms with E-state index >= 15 is 0 Å². The Bertz CT molecular complexity index is 679. The summed E-state index contributed by atoms with van der Waals surface area (Å²) < 4.78 is 13.4. The topological polar surface area (TPSA) is 27.0 Å². The molecule has 0 radical (unpaired) electrons. The molecule has 0 heterocycles. The van der Waals surface area contributed by atoms with Gasteiger partial charge in [0.1, 0.15) is 5.82 Å². The van der Waals surface area contributed by atoms with Gasteiger partial charge in [0, 0.05) is 17.6 Å². The molecule has 21 heavy (non-hydrogen) atoms. The van der Waals surface area contributed by atoms with Gasteiger partial charge < -0.3 is 0 Å². The van der Waals surface area contributed by atoms with Gasteiger partial charge in [-0.15, -0.1) is 0 Å². The number of nitriles is 1. The van der Waals surface area contributed by atoms with Gasteiger partial charge in [-0.1, -0.05) is 23.7 Å². The number of hydrogen-bond donors (Lipinski definition) is 0. The minimum atomic E-state index is -0.326. The molecule has 0 aromatic heterocycles. The number of halogens is 2. The van der Waals surface area contributed by atoms with Crippen LogP contribution >= 0.6 is 11.6 Å². The van der Waals surface area contributed by atoms with Crippen molar-refractivity contribution < 1.29 is 4.39 Å². The molecular formula is C17H16ClFN2. The molecule has 0 aliphatic heterocycles. The molecule has 0 spiro atoms. The van der Waals surface area contributed by atoms with Crippen molar-refractivity contribution in [1.82, 2.24) is 4.90 Å². The predicted molar refractivity (Wildman–Crippen MR) is 82.4 cm³/mol. The van der Waals surface area contributed by atoms with E-state index in [0.29, 0.717) is 22.7 Å². The highest BCUT2D eigenvalue weighted by Gasteiger charge is 2.14. The first-order chi connectivity index (χ1) is 10.0. The van der Waals surface area contributed by atoms with E-state index in [2.05, 4.69) is 17.9 Å². The van der Waals surface area contributed by atoms with Crippen molar-refractivity contribution in [3.8, 4) is 6.07 Å². The highest BCUT2D eigenvalue weighted by molar-refractivity contribution is 6.30. The quantitative estimate of drug-likeness (QED) is 0.829. The van der Waals surface area contributed by atoms with Gasteiger partial charge in [-0.05, 0) is 55.4 Å². The fourth-order valence-corrected chi connectivity index (χ4v) is 2.43. The van der Waals surface area contributed by atoms with Gasteiger partial charge in [0.05, 0.1) is 11.6 Å². The Morgan fingerprint density at radius 3 is 2.71 bits per heavy atom. The molecule has 0 aliphatic rings. The lowest BCUT2D eigenvalue weighted by Gasteiger charge is -2.25. The normalized spacial score (nSPS) is 12.2. The molecule has 1 atom stereocenters. The Hall–Kier alpha value is -1.89. The van der Waals surface area contributed by atoms with Gasteiger partial charge in [-0.3, -0.25) is 4.90 Å². The molecular weight excluding hydrogens is 287 g/mol. The second-order valence-electron chi connectivity index (χ2n) is 5.06. The maximum Gasteiger partial charge on any atom is 0.123 e. The third kappa shape index (κ3) is 3.81. The van der Waals surface area contributed by atoms with Gasteiger partial charge in [-0.25, -0.2) is 4.39 Å². The average molecular weight is 303 g/mol. The second-order valence-corrected chi connectivity index (χ2v) is 5.50. The van der Waals surface area contributed by atoms with E-state index in [0.717, 1.165) is 5.56 Å². The van der Waals surface area contributed by atoms with Crippen molar-refractivity contribution in [2.24, 2.45) is 0 Å². The van der Waals surface area contributed by atoms with E-state index in [4.69, 9.17) is 16.9 Å². The first-order valence-electron chi connectivity index (χ1n) is 6.65. The van der Waals surface area contributed by atoms with Crippen LogP contribution in [0.4, 0.5) is 4.39 Å². The zero-order valence-corrected chi connectivity index (χ0v) is 12.7. The van der Waals surface area contributed by atoms with Crippen molar-refractivity contribution in [2.45, 2.75) is 19.5 Å². The van der Waals surface area contributed by atoms with Crippen LogP contribution in [0.25, 0.3) is 0 Å². The first-order valence-corrected chi connectivity index (χ1v) is 7.03. The van der Waals surface area contributed by atoms with Crippen LogP contribution in [0.1, 0.15) is 29.7 Å². The van der Waals surface area contributed by atoms with Crippen LogP contribution in [0, 0.1) is 17.1 Å². The first kappa shape index (κ1) is 15.5. The standard InChI is InChI=1S/C17H16ClFN2/c1-12(13-4-3-5-16(18)8-13)21(2)11-15-9-17(19)7-6-14(15)10-20/h3-9,12H,11H2,1-2H3. The van der Waals surface area contributed by atoms with E-state index in [1.165, 1.54) is 18.2 Å². The molecule has 0 amide bonds. The molecule has 2 nitrogen and oxygen atoms in total. The van der Waals surface area contributed by atoms with Crippen LogP contribution in [0.5, 0.6) is 0 Å². The van der Waals surface area contributed by atoms with Crippen molar-refractivity contribution in [2.75, 3.05) is 7.05 Å². The smallest absolute Gasteiger partial charge is 0.123 e. The Kier molecular flexibility index (Phi) is 4.95. The SMILES string of the molecule is CC(c1cccc(Cl)c1)N(C)Cc1cc(F)ccc1C#N. The second kappa shape index (κ2) is 6.71. The lowest BCUT2D eigenvalue weighted by Crippen LogP contribution is -2.22. The van der Waals surface area contributed by atoms with Crippen LogP contribution in [-0.4, -0.2) is 11.9 Å². The number of hydrogen-bond acceptors (Lipinski definition) is 2. The molecule has 2 aromatic carbocycles. The summed E-state index contributed by atoms with van der Waals surface area (Å²) in [5.41, 5.74) is 2.27. The summed E-state index contributed by atoms with van der Waals surface area (Å²) in [6.45, 7) is 2.55. The molecule has 0 N–H and O–H groups in total. The summed E-state index contributed by atoms with van der Waals surface area (Å²) in [5.74, 6) is -0.326. The van der Waals surface area contributed by atoms with Gasteiger partial charge in [0.15, 0.2) is 0 Å². The summed E-state index contributed by atoms with van der Waals surface area (Å²) >= 11 is 6.01. The van der Waals surface area contributed by atoms with Crippen molar-refractivity contribution in [3.05, 3.63) is 70.0 Å². The zero-order chi connectivity index (χ0) is 15.4. The Morgan fingerprint density at radius 1 is 1.29 bits per heavy atom. The molecule has 4 heteroatoms. The van der Waals surface area contributed by atoms with Crippen molar-refractivity contribution in [3.63, 3.8) is 0 Å². The summed E-state index contributed by atoms with van der Waals surface area (Å²) in [7, 11) is 1.94. The van der Waals surface area contributed by atoms with Crippen molar-refractivity contribution in [1.29, 1.82) is 5.26 Å². The minimum absolute atomic E-state index is 0.110. The third-order valence-electron chi connectivity index (χ3n) is 3.60. The molecule has 2 rings (SSSR count). The monoisotopic (exact) mass is 302 g/mol. The lowest BCUT2D eigenvalue weighted by atomic mass is 10.0. The molecule has 0 aliphatic carbocycles. The van der Waals surface area contributed by atoms with Gasteiger partial charge in [0.2, 0.25) is 0 Å². The molecule has 0 bridgehead atoms. The average Bonchev–Trinajstić information content (AvgIpc) is 2.46. The Morgan fingerprint density at radius 2 is 2.05 bits per heavy atom. The largest absolute Gasteiger partial charge is 0.295 e. The summed E-state index contributed by atoms with van der Waals surface area (Å²) in [6, 6.07) is 14.1. The molecule has 1 unspecified atom stereocenters. The van der Waals surface area contributed by atoms with Gasteiger partial charge in [0.25, 0.3) is 0 Å². The van der Waals surface area contributed by atoms with Crippen LogP contribution in [-0.2, 0) is 6.54 Å². The minimum Gasteiger partial charge on any atom is -0.295 e. The highest BCUT2D eigenvalue weighted by Crippen LogP contribution is 2.24. The van der Waals surface area contributed by atoms with E-state index in [1.54, 1.807) is 0 Å². The fraction of sp³-hybridized carbons (Fsp3) is 0.235. The summed E-state index contributed by atoms with van der Waals surface area (Å²) in [6.07, 6.45) is 0. The predicted octanol–water partition coefficient (Wildman–Crippen LogP) is 4.54. The summed E-state index contributed by atoms with van der Waals surface area (Å²) in [5, 5.41) is 9.80. The number of nitrogens with zero attached hydrogens (tertiary/aromatic N) is 2. The number of benzene rings is 2. The van der Waals surface area contributed by atoms with E-state index < -0.39 is 0 Å². The van der Waals surface area contributed by atoms with Crippen LogP contribution in [0.2, 0.25) is 5.02 Å². The van der Waals surface area contributed by atoms with Gasteiger partial charge >= 0.3 is 0 Å². The molecule has 108 valence electrons. The zero-order valence-electron chi connectivity index (χ0n) is 12.0. The van der Waals surface area contributed by atoms with E-state index in [9.17, 15) is 4.39 Å². The Labute approximate surface area is 129 Å². The Balaban J connectivity index is 2.20. The maximum atomic E-state index is 13.4. The maximum absolute atomic E-state index is 13.4. The van der Waals surface area contributed by atoms with Crippen LogP contribution in [0.3, 0.4) is 0 Å². The third-order valence-corrected chi connectivity index (χ3v) is 3.83. The van der Waals surface area contributed by atoms with Crippen LogP contribution < -0.4 is 0 Å². The molecule has 0 saturated heterocycles. The molecule has 2 aromatic rings.